The number of hydrogen-bond acceptors (Lipinski definition) is 5. The Morgan fingerprint density at radius 3 is 2.61 bits per heavy atom. The van der Waals surface area contributed by atoms with E-state index in [9.17, 15) is 4.79 Å². The molecule has 100 valence electrons. The second kappa shape index (κ2) is 4.61. The molecule has 3 N–H and O–H groups in total. The summed E-state index contributed by atoms with van der Waals surface area (Å²) in [5.41, 5.74) is 5.87. The molecule has 6 nitrogen and oxygen atoms in total. The lowest BCUT2D eigenvalue weighted by Gasteiger charge is -2.49. The Labute approximate surface area is 107 Å². The van der Waals surface area contributed by atoms with Crippen molar-refractivity contribution in [3.63, 3.8) is 0 Å². The number of aromatic nitrogens is 2. The molecule has 1 aromatic rings. The van der Waals surface area contributed by atoms with E-state index >= 15 is 0 Å². The number of likely N-dealkylation sites (N-methyl/N-ethyl adjacent to an activating group) is 2. The summed E-state index contributed by atoms with van der Waals surface area (Å²) in [6.45, 7) is 0.834. The van der Waals surface area contributed by atoms with Crippen LogP contribution in [0.1, 0.15) is 19.3 Å². The first kappa shape index (κ1) is 12.9. The predicted molar refractivity (Wildman–Crippen MR) is 72.8 cm³/mol. The van der Waals surface area contributed by atoms with Gasteiger partial charge in [-0.05, 0) is 33.4 Å². The van der Waals surface area contributed by atoms with Crippen molar-refractivity contribution < 1.29 is 0 Å². The molecule has 0 amide bonds. The fraction of sp³-hybridized carbons (Fsp3) is 0.667. The number of rotatable bonds is 4. The monoisotopic (exact) mass is 251 g/mol. The van der Waals surface area contributed by atoms with Gasteiger partial charge in [0.25, 0.3) is 5.56 Å². The Morgan fingerprint density at radius 2 is 2.11 bits per heavy atom. The predicted octanol–water partition coefficient (Wildman–Crippen LogP) is 0.273. The number of nitrogens with zero attached hydrogens (tertiary/aromatic N) is 3. The minimum Gasteiger partial charge on any atom is -0.391 e. The quantitative estimate of drug-likeness (QED) is 0.803. The fourth-order valence-corrected chi connectivity index (χ4v) is 2.55. The van der Waals surface area contributed by atoms with Crippen molar-refractivity contribution in [2.45, 2.75) is 24.8 Å². The summed E-state index contributed by atoms with van der Waals surface area (Å²) in [4.78, 5) is 22.4. The van der Waals surface area contributed by atoms with Gasteiger partial charge in [-0.2, -0.15) is 0 Å². The number of anilines is 2. The average molecular weight is 251 g/mol. The fourth-order valence-electron chi connectivity index (χ4n) is 2.55. The summed E-state index contributed by atoms with van der Waals surface area (Å²) in [5.74, 6) is 0.562. The molecule has 1 fully saturated rings. The maximum atomic E-state index is 11.5. The Kier molecular flexibility index (Phi) is 3.30. The van der Waals surface area contributed by atoms with E-state index < -0.39 is 0 Å². The third-order valence-electron chi connectivity index (χ3n) is 3.99. The Hall–Kier alpha value is -1.56. The van der Waals surface area contributed by atoms with E-state index in [1.54, 1.807) is 0 Å². The number of H-pyrrole nitrogens is 1. The van der Waals surface area contributed by atoms with Gasteiger partial charge in [-0.3, -0.25) is 4.79 Å². The summed E-state index contributed by atoms with van der Waals surface area (Å²) in [5, 5.41) is 0. The van der Waals surface area contributed by atoms with Gasteiger partial charge in [0.05, 0.1) is 6.33 Å². The molecule has 18 heavy (non-hydrogen) atoms. The minimum absolute atomic E-state index is 0.186. The number of nitrogens with one attached hydrogen (secondary N) is 1. The van der Waals surface area contributed by atoms with E-state index in [0.29, 0.717) is 5.82 Å². The van der Waals surface area contributed by atoms with E-state index in [4.69, 9.17) is 5.73 Å². The van der Waals surface area contributed by atoms with Crippen molar-refractivity contribution in [1.82, 2.24) is 14.9 Å². The van der Waals surface area contributed by atoms with Crippen molar-refractivity contribution in [2.75, 3.05) is 38.3 Å². The third-order valence-corrected chi connectivity index (χ3v) is 3.99. The van der Waals surface area contributed by atoms with Crippen molar-refractivity contribution in [3.05, 3.63) is 16.7 Å². The molecule has 0 unspecified atom stereocenters. The van der Waals surface area contributed by atoms with E-state index in [2.05, 4.69) is 29.0 Å². The number of nitrogen functional groups attached to an aromatic ring is 1. The molecule has 0 saturated heterocycles. The topological polar surface area (TPSA) is 78.2 Å². The zero-order valence-electron chi connectivity index (χ0n) is 11.2. The number of hydrogen-bond donors (Lipinski definition) is 2. The van der Waals surface area contributed by atoms with E-state index in [-0.39, 0.29) is 16.8 Å². The number of nitrogens with two attached hydrogens (primary N) is 1. The average Bonchev–Trinajstić information content (AvgIpc) is 2.26. The Balaban J connectivity index is 2.19. The lowest BCUT2D eigenvalue weighted by molar-refractivity contribution is 0.0682. The second-order valence-corrected chi connectivity index (χ2v) is 5.30. The van der Waals surface area contributed by atoms with Gasteiger partial charge in [0.2, 0.25) is 0 Å². The molecule has 0 radical (unpaired) electrons. The van der Waals surface area contributed by atoms with Crippen molar-refractivity contribution in [2.24, 2.45) is 0 Å². The molecule has 1 saturated carbocycles. The zero-order chi connectivity index (χ0) is 13.3. The van der Waals surface area contributed by atoms with E-state index in [0.717, 1.165) is 6.54 Å². The van der Waals surface area contributed by atoms with Crippen molar-refractivity contribution >= 4 is 11.5 Å². The molecule has 0 spiro atoms. The molecule has 0 aliphatic heterocycles. The van der Waals surface area contributed by atoms with Gasteiger partial charge < -0.3 is 20.5 Å². The highest BCUT2D eigenvalue weighted by atomic mass is 16.1. The maximum Gasteiger partial charge on any atom is 0.276 e. The van der Waals surface area contributed by atoms with Crippen LogP contribution in [0.5, 0.6) is 0 Å². The van der Waals surface area contributed by atoms with Gasteiger partial charge in [-0.15, -0.1) is 0 Å². The first-order valence-corrected chi connectivity index (χ1v) is 6.18. The normalized spacial score (nSPS) is 17.6. The standard InChI is InChI=1S/C12H21N5O/c1-16(2)12(5-4-6-12)7-17(3)10-9(13)11(18)15-8-14-10/h8H,4-7,13H2,1-3H3,(H,14,15,18). The molecule has 1 aliphatic rings. The van der Waals surface area contributed by atoms with Crippen LogP contribution in [0.2, 0.25) is 0 Å². The molecule has 1 heterocycles. The lowest BCUT2D eigenvalue weighted by Crippen LogP contribution is -2.57. The molecule has 1 aliphatic carbocycles. The summed E-state index contributed by atoms with van der Waals surface area (Å²) in [6.07, 6.45) is 5.00. The molecule has 1 aromatic heterocycles. The van der Waals surface area contributed by atoms with Gasteiger partial charge in [0.1, 0.15) is 5.69 Å². The van der Waals surface area contributed by atoms with Crippen LogP contribution in [0.3, 0.4) is 0 Å². The van der Waals surface area contributed by atoms with Crippen LogP contribution in [0.25, 0.3) is 0 Å². The first-order valence-electron chi connectivity index (χ1n) is 6.18. The van der Waals surface area contributed by atoms with E-state index in [1.807, 2.05) is 11.9 Å². The first-order chi connectivity index (χ1) is 8.46. The SMILES string of the molecule is CN(CC1(N(C)C)CCC1)c1nc[nH]c(=O)c1N. The minimum atomic E-state index is -0.278. The zero-order valence-corrected chi connectivity index (χ0v) is 11.2. The molecule has 2 rings (SSSR count). The van der Waals surface area contributed by atoms with Crippen LogP contribution in [-0.4, -0.2) is 48.1 Å². The van der Waals surface area contributed by atoms with Crippen LogP contribution >= 0.6 is 0 Å². The van der Waals surface area contributed by atoms with Gasteiger partial charge in [-0.1, -0.05) is 0 Å². The maximum absolute atomic E-state index is 11.5. The summed E-state index contributed by atoms with van der Waals surface area (Å²) < 4.78 is 0. The molecule has 0 aromatic carbocycles. The third kappa shape index (κ3) is 2.08. The molecule has 6 heteroatoms. The summed E-state index contributed by atoms with van der Waals surface area (Å²) in [7, 11) is 6.13. The lowest BCUT2D eigenvalue weighted by atomic mass is 9.75. The van der Waals surface area contributed by atoms with Crippen LogP contribution < -0.4 is 16.2 Å². The van der Waals surface area contributed by atoms with Gasteiger partial charge in [0.15, 0.2) is 5.82 Å². The highest BCUT2D eigenvalue weighted by Crippen LogP contribution is 2.37. The van der Waals surface area contributed by atoms with Crippen LogP contribution in [0.4, 0.5) is 11.5 Å². The summed E-state index contributed by atoms with van der Waals surface area (Å²) >= 11 is 0. The smallest absolute Gasteiger partial charge is 0.276 e. The summed E-state index contributed by atoms with van der Waals surface area (Å²) in [6, 6.07) is 0. The Bertz CT molecular complexity index is 478. The number of aromatic amines is 1. The van der Waals surface area contributed by atoms with Gasteiger partial charge in [0, 0.05) is 19.1 Å². The highest BCUT2D eigenvalue weighted by Gasteiger charge is 2.40. The molecule has 0 bridgehead atoms. The molecular weight excluding hydrogens is 230 g/mol. The molecule has 0 atom stereocenters. The van der Waals surface area contributed by atoms with E-state index in [1.165, 1.54) is 25.6 Å². The van der Waals surface area contributed by atoms with Crippen LogP contribution in [-0.2, 0) is 0 Å². The van der Waals surface area contributed by atoms with Crippen LogP contribution in [0, 0.1) is 0 Å². The molecular formula is C12H21N5O. The van der Waals surface area contributed by atoms with Gasteiger partial charge >= 0.3 is 0 Å². The van der Waals surface area contributed by atoms with Crippen LogP contribution in [0.15, 0.2) is 11.1 Å². The second-order valence-electron chi connectivity index (χ2n) is 5.30. The highest BCUT2D eigenvalue weighted by molar-refractivity contribution is 5.60. The Morgan fingerprint density at radius 1 is 1.44 bits per heavy atom. The van der Waals surface area contributed by atoms with Crippen molar-refractivity contribution in [1.29, 1.82) is 0 Å². The van der Waals surface area contributed by atoms with Gasteiger partial charge in [-0.25, -0.2) is 4.98 Å². The van der Waals surface area contributed by atoms with Crippen molar-refractivity contribution in [3.8, 4) is 0 Å². The largest absolute Gasteiger partial charge is 0.391 e.